The molecule has 1 atom stereocenters. The van der Waals surface area contributed by atoms with Gasteiger partial charge in [0.15, 0.2) is 26.7 Å². The number of ether oxygens (including phenoxy) is 1. The largest absolute Gasteiger partial charge is 0.494 e. The zero-order chi connectivity index (χ0) is 28.3. The summed E-state index contributed by atoms with van der Waals surface area (Å²) >= 11 is 0. The van der Waals surface area contributed by atoms with Gasteiger partial charge in [-0.1, -0.05) is 43.3 Å². The van der Waals surface area contributed by atoms with Gasteiger partial charge in [0.25, 0.3) is 5.56 Å². The molecule has 3 aromatic carbocycles. The summed E-state index contributed by atoms with van der Waals surface area (Å²) in [6.45, 7) is 3.67. The molecule has 0 aliphatic rings. The molecule has 1 unspecified atom stereocenters. The number of hydrogen-bond donors (Lipinski definition) is 1. The lowest BCUT2D eigenvalue weighted by atomic mass is 9.99. The number of carboxylic acids is 1. The molecule has 0 spiro atoms. The van der Waals surface area contributed by atoms with Crippen molar-refractivity contribution in [2.75, 3.05) is 7.11 Å². The number of carbonyl (C=O) groups is 1. The summed E-state index contributed by atoms with van der Waals surface area (Å²) in [5, 5.41) is 16.4. The number of carboxylic acid groups (broad SMARTS) is 1. The first-order chi connectivity index (χ1) is 18.6. The van der Waals surface area contributed by atoms with E-state index in [1.54, 1.807) is 12.1 Å². The number of aliphatic carboxylic acids is 1. The van der Waals surface area contributed by atoms with Crippen molar-refractivity contribution in [3.05, 3.63) is 81.9 Å². The number of halogens is 1. The predicted molar refractivity (Wildman–Crippen MR) is 144 cm³/mol. The van der Waals surface area contributed by atoms with Crippen LogP contribution >= 0.6 is 0 Å². The maximum Gasteiger partial charge on any atom is 0.322 e. The standard InChI is InChI=1S/C28H28FN3O6S/c1-4-17-8-12-23-26(21(17)5-2)27(33)32(31-30-23)15-14-25(28(34)35)39(36,37)20-10-6-18(7-11-20)19-9-13-24(38-3)22(29)16-19/h6-13,16,25H,4-5,14-15H2,1-3H3,(H,34,35). The summed E-state index contributed by atoms with van der Waals surface area (Å²) in [6.07, 6.45) is 0.942. The van der Waals surface area contributed by atoms with Crippen LogP contribution in [-0.4, -0.2) is 46.8 Å². The Kier molecular flexibility index (Phi) is 8.10. The Balaban J connectivity index is 1.61. The Hall–Kier alpha value is -4.12. The maximum atomic E-state index is 14.1. The summed E-state index contributed by atoms with van der Waals surface area (Å²) in [6, 6.07) is 13.5. The van der Waals surface area contributed by atoms with Crippen molar-refractivity contribution in [2.45, 2.75) is 49.8 Å². The second-order valence-corrected chi connectivity index (χ2v) is 11.1. The van der Waals surface area contributed by atoms with Gasteiger partial charge in [0, 0.05) is 6.54 Å². The van der Waals surface area contributed by atoms with Crippen molar-refractivity contribution in [1.29, 1.82) is 0 Å². The highest BCUT2D eigenvalue weighted by Gasteiger charge is 2.34. The van der Waals surface area contributed by atoms with Crippen LogP contribution in [0, 0.1) is 5.82 Å². The fourth-order valence-corrected chi connectivity index (χ4v) is 6.18. The molecule has 1 aromatic heterocycles. The Labute approximate surface area is 224 Å². The second-order valence-electron chi connectivity index (χ2n) is 8.96. The van der Waals surface area contributed by atoms with Crippen LogP contribution in [0.2, 0.25) is 0 Å². The summed E-state index contributed by atoms with van der Waals surface area (Å²) < 4.78 is 46.6. The molecule has 0 amide bonds. The van der Waals surface area contributed by atoms with E-state index in [1.807, 2.05) is 19.9 Å². The number of rotatable bonds is 10. The van der Waals surface area contributed by atoms with Crippen molar-refractivity contribution in [1.82, 2.24) is 15.0 Å². The summed E-state index contributed by atoms with van der Waals surface area (Å²) in [5.74, 6) is -2.03. The van der Waals surface area contributed by atoms with E-state index in [-0.39, 0.29) is 17.2 Å². The Morgan fingerprint density at radius 3 is 2.33 bits per heavy atom. The number of sulfone groups is 1. The summed E-state index contributed by atoms with van der Waals surface area (Å²) in [4.78, 5) is 25.1. The maximum absolute atomic E-state index is 14.1. The van der Waals surface area contributed by atoms with Crippen LogP contribution in [0.1, 0.15) is 31.4 Å². The predicted octanol–water partition coefficient (Wildman–Crippen LogP) is 4.05. The van der Waals surface area contributed by atoms with Gasteiger partial charge in [0.05, 0.1) is 17.4 Å². The molecular weight excluding hydrogens is 525 g/mol. The number of fused-ring (bicyclic) bond motifs is 1. The number of aromatic nitrogens is 3. The smallest absolute Gasteiger partial charge is 0.322 e. The number of hydrogen-bond acceptors (Lipinski definition) is 7. The highest BCUT2D eigenvalue weighted by molar-refractivity contribution is 7.92. The zero-order valence-corrected chi connectivity index (χ0v) is 22.5. The van der Waals surface area contributed by atoms with Gasteiger partial charge in [-0.15, -0.1) is 5.10 Å². The lowest BCUT2D eigenvalue weighted by Crippen LogP contribution is -2.34. The van der Waals surface area contributed by atoms with E-state index in [2.05, 4.69) is 10.3 Å². The summed E-state index contributed by atoms with van der Waals surface area (Å²) in [7, 11) is -2.97. The topological polar surface area (TPSA) is 128 Å². The monoisotopic (exact) mass is 553 g/mol. The van der Waals surface area contributed by atoms with E-state index in [0.717, 1.165) is 22.2 Å². The van der Waals surface area contributed by atoms with E-state index in [9.17, 15) is 27.5 Å². The van der Waals surface area contributed by atoms with Gasteiger partial charge in [-0.25, -0.2) is 17.5 Å². The molecule has 39 heavy (non-hydrogen) atoms. The number of benzene rings is 3. The van der Waals surface area contributed by atoms with Gasteiger partial charge in [-0.3, -0.25) is 9.59 Å². The van der Waals surface area contributed by atoms with Crippen LogP contribution in [0.5, 0.6) is 5.75 Å². The molecule has 9 nitrogen and oxygen atoms in total. The van der Waals surface area contributed by atoms with Gasteiger partial charge in [0.1, 0.15) is 5.52 Å². The highest BCUT2D eigenvalue weighted by atomic mass is 32.2. The van der Waals surface area contributed by atoms with E-state index < -0.39 is 38.9 Å². The van der Waals surface area contributed by atoms with Gasteiger partial charge >= 0.3 is 5.97 Å². The third-order valence-electron chi connectivity index (χ3n) is 6.75. The molecule has 204 valence electrons. The number of methoxy groups -OCH3 is 1. The third-order valence-corrected chi connectivity index (χ3v) is 8.87. The molecular formula is C28H28FN3O6S. The normalized spacial score (nSPS) is 12.4. The molecule has 0 radical (unpaired) electrons. The molecule has 0 saturated heterocycles. The third kappa shape index (κ3) is 5.40. The average Bonchev–Trinajstić information content (AvgIpc) is 2.93. The molecule has 1 N–H and O–H groups in total. The molecule has 0 aliphatic carbocycles. The van der Waals surface area contributed by atoms with Crippen LogP contribution in [-0.2, 0) is 34.0 Å². The van der Waals surface area contributed by atoms with Crippen LogP contribution in [0.25, 0.3) is 22.0 Å². The van der Waals surface area contributed by atoms with Gasteiger partial charge < -0.3 is 9.84 Å². The first-order valence-corrected chi connectivity index (χ1v) is 14.0. The van der Waals surface area contributed by atoms with Crippen LogP contribution < -0.4 is 10.3 Å². The first kappa shape index (κ1) is 27.9. The van der Waals surface area contributed by atoms with E-state index in [0.29, 0.717) is 28.5 Å². The molecule has 4 aromatic rings. The molecule has 11 heteroatoms. The SMILES string of the molecule is CCc1ccc2nnn(CCC(C(=O)O)S(=O)(=O)c3ccc(-c4ccc(OC)c(F)c4)cc3)c(=O)c2c1CC. The molecule has 0 saturated carbocycles. The van der Waals surface area contributed by atoms with Crippen molar-refractivity contribution in [2.24, 2.45) is 0 Å². The lowest BCUT2D eigenvalue weighted by molar-refractivity contribution is -0.136. The molecule has 4 rings (SSSR count). The van der Waals surface area contributed by atoms with Crippen LogP contribution in [0.3, 0.4) is 0 Å². The van der Waals surface area contributed by atoms with E-state index in [4.69, 9.17) is 4.74 Å². The van der Waals surface area contributed by atoms with Crippen molar-refractivity contribution < 1.29 is 27.4 Å². The average molecular weight is 554 g/mol. The minimum absolute atomic E-state index is 0.0779. The first-order valence-electron chi connectivity index (χ1n) is 12.4. The van der Waals surface area contributed by atoms with Gasteiger partial charge in [-0.05, 0) is 71.8 Å². The molecule has 0 aliphatic heterocycles. The quantitative estimate of drug-likeness (QED) is 0.312. The molecule has 0 bridgehead atoms. The van der Waals surface area contributed by atoms with Crippen molar-refractivity contribution >= 4 is 26.7 Å². The van der Waals surface area contributed by atoms with Gasteiger partial charge in [-0.2, -0.15) is 0 Å². The van der Waals surface area contributed by atoms with Gasteiger partial charge in [0.2, 0.25) is 0 Å². The Morgan fingerprint density at radius 2 is 1.74 bits per heavy atom. The van der Waals surface area contributed by atoms with Crippen LogP contribution in [0.15, 0.2) is 64.3 Å². The van der Waals surface area contributed by atoms with Crippen molar-refractivity contribution in [3.8, 4) is 16.9 Å². The van der Waals surface area contributed by atoms with E-state index in [1.165, 1.54) is 43.5 Å². The van der Waals surface area contributed by atoms with Crippen molar-refractivity contribution in [3.63, 3.8) is 0 Å². The number of aryl methyl sites for hydroxylation is 3. The fourth-order valence-electron chi connectivity index (χ4n) is 4.65. The highest BCUT2D eigenvalue weighted by Crippen LogP contribution is 2.28. The Morgan fingerprint density at radius 1 is 1.05 bits per heavy atom. The molecule has 1 heterocycles. The number of nitrogens with zero attached hydrogens (tertiary/aromatic N) is 3. The fraction of sp³-hybridized carbons (Fsp3) is 0.286. The minimum atomic E-state index is -4.32. The Bertz CT molecular complexity index is 1700. The lowest BCUT2D eigenvalue weighted by Gasteiger charge is -2.15. The summed E-state index contributed by atoms with van der Waals surface area (Å²) in [5.41, 5.74) is 2.89. The van der Waals surface area contributed by atoms with Crippen LogP contribution in [0.4, 0.5) is 4.39 Å². The minimum Gasteiger partial charge on any atom is -0.494 e. The second kappa shape index (κ2) is 11.3. The zero-order valence-electron chi connectivity index (χ0n) is 21.7. The van der Waals surface area contributed by atoms with E-state index >= 15 is 0 Å². The molecule has 0 fully saturated rings.